The van der Waals surface area contributed by atoms with Gasteiger partial charge >= 0.3 is 5.97 Å². The van der Waals surface area contributed by atoms with Gasteiger partial charge in [-0.2, -0.15) is 0 Å². The number of hydrogen-bond donors (Lipinski definition) is 2. The number of nitrogens with one attached hydrogen (secondary N) is 1. The molecule has 0 bridgehead atoms. The molecule has 2 aliphatic rings. The van der Waals surface area contributed by atoms with Gasteiger partial charge < -0.3 is 15.3 Å². The Morgan fingerprint density at radius 2 is 1.70 bits per heavy atom. The second-order valence-corrected chi connectivity index (χ2v) is 7.80. The molecule has 6 heteroatoms. The molecule has 1 atom stereocenters. The molecule has 1 aliphatic carbocycles. The van der Waals surface area contributed by atoms with E-state index in [-0.39, 0.29) is 17.7 Å². The second kappa shape index (κ2) is 8.11. The molecule has 3 rings (SSSR count). The lowest BCUT2D eigenvalue weighted by atomic mass is 9.72. The fraction of sp³-hybridized carbons (Fsp3) is 0.571. The van der Waals surface area contributed by atoms with Gasteiger partial charge in [0.2, 0.25) is 11.8 Å². The minimum absolute atomic E-state index is 0.0656. The quantitative estimate of drug-likeness (QED) is 0.830. The van der Waals surface area contributed by atoms with Gasteiger partial charge in [0, 0.05) is 20.0 Å². The van der Waals surface area contributed by atoms with Gasteiger partial charge in [-0.1, -0.05) is 43.2 Å². The van der Waals surface area contributed by atoms with Crippen LogP contribution in [0.1, 0.15) is 51.0 Å². The molecule has 0 unspecified atom stereocenters. The van der Waals surface area contributed by atoms with Crippen molar-refractivity contribution >= 4 is 17.8 Å². The molecular weight excluding hydrogens is 344 g/mol. The van der Waals surface area contributed by atoms with Crippen LogP contribution in [-0.2, 0) is 19.8 Å². The van der Waals surface area contributed by atoms with Crippen molar-refractivity contribution in [3.8, 4) is 0 Å². The average molecular weight is 372 g/mol. The second-order valence-electron chi connectivity index (χ2n) is 7.80. The smallest absolute Gasteiger partial charge is 0.314 e. The molecule has 0 spiro atoms. The Kier molecular flexibility index (Phi) is 5.82. The number of carboxylic acids is 1. The van der Waals surface area contributed by atoms with E-state index in [2.05, 4.69) is 5.32 Å². The molecular formula is C21H28N2O4. The van der Waals surface area contributed by atoms with E-state index >= 15 is 0 Å². The number of benzene rings is 1. The Morgan fingerprint density at radius 3 is 2.22 bits per heavy atom. The van der Waals surface area contributed by atoms with Crippen LogP contribution in [0.3, 0.4) is 0 Å². The van der Waals surface area contributed by atoms with Gasteiger partial charge in [-0.15, -0.1) is 0 Å². The molecule has 2 amide bonds. The fourth-order valence-corrected chi connectivity index (χ4v) is 4.58. The summed E-state index contributed by atoms with van der Waals surface area (Å²) in [6, 6.07) is 8.79. The SMILES string of the molecule is CC(=O)N[C@@H](C(=O)N1CCC(C(=O)O)(c2ccccc2)CC1)C1CCCC1. The van der Waals surface area contributed by atoms with E-state index in [0.717, 1.165) is 31.2 Å². The molecule has 0 aromatic heterocycles. The Bertz CT molecular complexity index is 689. The third-order valence-electron chi connectivity index (χ3n) is 6.16. The van der Waals surface area contributed by atoms with E-state index in [0.29, 0.717) is 25.9 Å². The van der Waals surface area contributed by atoms with Crippen LogP contribution >= 0.6 is 0 Å². The van der Waals surface area contributed by atoms with Crippen molar-refractivity contribution in [2.45, 2.75) is 56.9 Å². The monoisotopic (exact) mass is 372 g/mol. The molecule has 1 aromatic rings. The minimum atomic E-state index is -0.950. The number of rotatable bonds is 5. The number of carbonyl (C=O) groups is 3. The number of likely N-dealkylation sites (tertiary alicyclic amines) is 1. The standard InChI is InChI=1S/C21H28N2O4/c1-15(24)22-18(16-7-5-6-8-16)19(25)23-13-11-21(12-14-23,20(26)27)17-9-3-2-4-10-17/h2-4,9-10,16,18H,5-8,11-14H2,1H3,(H,22,24)(H,26,27)/t18-/m1/s1. The average Bonchev–Trinajstić information content (AvgIpc) is 3.20. The molecule has 1 saturated carbocycles. The summed E-state index contributed by atoms with van der Waals surface area (Å²) in [5.41, 5.74) is -0.159. The summed E-state index contributed by atoms with van der Waals surface area (Å²) in [7, 11) is 0. The maximum absolute atomic E-state index is 13.1. The lowest BCUT2D eigenvalue weighted by Crippen LogP contribution is -2.56. The lowest BCUT2D eigenvalue weighted by molar-refractivity contribution is -0.149. The number of aliphatic carboxylic acids is 1. The maximum atomic E-state index is 13.1. The topological polar surface area (TPSA) is 86.7 Å². The van der Waals surface area contributed by atoms with Crippen LogP contribution in [-0.4, -0.2) is 46.9 Å². The van der Waals surface area contributed by atoms with Crippen molar-refractivity contribution in [3.63, 3.8) is 0 Å². The summed E-state index contributed by atoms with van der Waals surface area (Å²) in [6.45, 7) is 2.22. The van der Waals surface area contributed by atoms with Crippen molar-refractivity contribution in [2.75, 3.05) is 13.1 Å². The highest BCUT2D eigenvalue weighted by molar-refractivity contribution is 5.88. The van der Waals surface area contributed by atoms with E-state index in [1.165, 1.54) is 6.92 Å². The summed E-state index contributed by atoms with van der Waals surface area (Å²) in [5.74, 6) is -0.915. The summed E-state index contributed by atoms with van der Waals surface area (Å²) in [5, 5.41) is 12.8. The molecule has 6 nitrogen and oxygen atoms in total. The predicted octanol–water partition coefficient (Wildman–Crippen LogP) is 2.33. The van der Waals surface area contributed by atoms with Crippen LogP contribution in [0.25, 0.3) is 0 Å². The Labute approximate surface area is 159 Å². The van der Waals surface area contributed by atoms with Crippen LogP contribution in [0.15, 0.2) is 30.3 Å². The number of hydrogen-bond acceptors (Lipinski definition) is 3. The first-order valence-electron chi connectivity index (χ1n) is 9.79. The van der Waals surface area contributed by atoms with E-state index in [9.17, 15) is 19.5 Å². The number of carboxylic acid groups (broad SMARTS) is 1. The third-order valence-corrected chi connectivity index (χ3v) is 6.16. The molecule has 146 valence electrons. The zero-order valence-electron chi connectivity index (χ0n) is 15.8. The van der Waals surface area contributed by atoms with Gasteiger partial charge in [0.05, 0.1) is 5.41 Å². The highest BCUT2D eigenvalue weighted by Crippen LogP contribution is 2.37. The Hall–Kier alpha value is -2.37. The zero-order chi connectivity index (χ0) is 19.4. The van der Waals surface area contributed by atoms with Gasteiger partial charge in [0.25, 0.3) is 0 Å². The van der Waals surface area contributed by atoms with Crippen LogP contribution in [0.4, 0.5) is 0 Å². The first kappa shape index (κ1) is 19.4. The van der Waals surface area contributed by atoms with Crippen LogP contribution in [0, 0.1) is 5.92 Å². The lowest BCUT2D eigenvalue weighted by Gasteiger charge is -2.41. The van der Waals surface area contributed by atoms with Gasteiger partial charge in [-0.3, -0.25) is 14.4 Å². The van der Waals surface area contributed by atoms with Crippen molar-refractivity contribution in [1.29, 1.82) is 0 Å². The maximum Gasteiger partial charge on any atom is 0.314 e. The molecule has 2 fully saturated rings. The summed E-state index contributed by atoms with van der Waals surface area (Å²) in [6.07, 6.45) is 4.85. The molecule has 1 saturated heterocycles. The van der Waals surface area contributed by atoms with Crippen molar-refractivity contribution in [1.82, 2.24) is 10.2 Å². The van der Waals surface area contributed by atoms with Gasteiger partial charge in [0.1, 0.15) is 6.04 Å². The third kappa shape index (κ3) is 3.99. The summed E-state index contributed by atoms with van der Waals surface area (Å²) < 4.78 is 0. The van der Waals surface area contributed by atoms with Crippen molar-refractivity contribution in [3.05, 3.63) is 35.9 Å². The molecule has 2 N–H and O–H groups in total. The van der Waals surface area contributed by atoms with Crippen LogP contribution in [0.2, 0.25) is 0 Å². The zero-order valence-corrected chi connectivity index (χ0v) is 15.8. The number of amides is 2. The number of piperidine rings is 1. The predicted molar refractivity (Wildman–Crippen MR) is 101 cm³/mol. The highest BCUT2D eigenvalue weighted by Gasteiger charge is 2.45. The summed E-state index contributed by atoms with van der Waals surface area (Å²) >= 11 is 0. The Balaban J connectivity index is 1.73. The van der Waals surface area contributed by atoms with E-state index in [4.69, 9.17) is 0 Å². The van der Waals surface area contributed by atoms with Gasteiger partial charge in [-0.25, -0.2) is 0 Å². The molecule has 1 aromatic carbocycles. The minimum Gasteiger partial charge on any atom is -0.481 e. The molecule has 27 heavy (non-hydrogen) atoms. The molecule has 0 radical (unpaired) electrons. The molecule has 1 aliphatic heterocycles. The normalized spacial score (nSPS) is 20.9. The number of carbonyl (C=O) groups excluding carboxylic acids is 2. The van der Waals surface area contributed by atoms with Crippen LogP contribution in [0.5, 0.6) is 0 Å². The first-order chi connectivity index (χ1) is 12.9. The fourth-order valence-electron chi connectivity index (χ4n) is 4.58. The van der Waals surface area contributed by atoms with E-state index in [1.807, 2.05) is 30.3 Å². The van der Waals surface area contributed by atoms with Gasteiger partial charge in [-0.05, 0) is 37.2 Å². The summed E-state index contributed by atoms with van der Waals surface area (Å²) in [4.78, 5) is 38.5. The van der Waals surface area contributed by atoms with E-state index < -0.39 is 17.4 Å². The first-order valence-corrected chi connectivity index (χ1v) is 9.79. The van der Waals surface area contributed by atoms with E-state index in [1.54, 1.807) is 4.90 Å². The van der Waals surface area contributed by atoms with Gasteiger partial charge in [0.15, 0.2) is 0 Å². The van der Waals surface area contributed by atoms with Crippen molar-refractivity contribution in [2.24, 2.45) is 5.92 Å². The Morgan fingerprint density at radius 1 is 1.11 bits per heavy atom. The largest absolute Gasteiger partial charge is 0.481 e. The van der Waals surface area contributed by atoms with Crippen LogP contribution < -0.4 is 5.32 Å². The molecule has 1 heterocycles. The highest BCUT2D eigenvalue weighted by atomic mass is 16.4. The number of nitrogens with zero attached hydrogens (tertiary/aromatic N) is 1. The van der Waals surface area contributed by atoms with Crippen molar-refractivity contribution < 1.29 is 19.5 Å².